The van der Waals surface area contributed by atoms with E-state index in [2.05, 4.69) is 106 Å². The van der Waals surface area contributed by atoms with Gasteiger partial charge in [-0.25, -0.2) is 0 Å². The Morgan fingerprint density at radius 1 is 0.318 bits per heavy atom. The molecule has 6 heteroatoms. The fourth-order valence-corrected chi connectivity index (χ4v) is 7.49. The minimum atomic E-state index is -0.779. The van der Waals surface area contributed by atoms with Crippen molar-refractivity contribution in [3.8, 4) is 0 Å². The van der Waals surface area contributed by atoms with Gasteiger partial charge in [-0.15, -0.1) is 0 Å². The summed E-state index contributed by atoms with van der Waals surface area (Å²) in [7, 11) is 0. The van der Waals surface area contributed by atoms with Crippen molar-refractivity contribution in [1.29, 1.82) is 0 Å². The molecule has 0 aromatic rings. The lowest BCUT2D eigenvalue weighted by atomic mass is 10.0. The first-order valence-corrected chi connectivity index (χ1v) is 27.6. The zero-order valence-electron chi connectivity index (χ0n) is 43.2. The van der Waals surface area contributed by atoms with Gasteiger partial charge < -0.3 is 14.2 Å². The third-order valence-electron chi connectivity index (χ3n) is 11.6. The molecule has 0 fully saturated rings. The van der Waals surface area contributed by atoms with Gasteiger partial charge in [-0.3, -0.25) is 14.4 Å². The molecule has 1 unspecified atom stereocenters. The third-order valence-corrected chi connectivity index (χ3v) is 11.6. The van der Waals surface area contributed by atoms with E-state index in [1.807, 2.05) is 0 Å². The Labute approximate surface area is 407 Å². The second-order valence-corrected chi connectivity index (χ2v) is 18.1. The van der Waals surface area contributed by atoms with Crippen LogP contribution in [0.1, 0.15) is 258 Å². The topological polar surface area (TPSA) is 78.9 Å². The molecule has 0 saturated heterocycles. The Balaban J connectivity index is 4.04. The number of unbranched alkanes of at least 4 members (excludes halogenated alkanes) is 24. The van der Waals surface area contributed by atoms with Crippen molar-refractivity contribution in [3.63, 3.8) is 0 Å². The largest absolute Gasteiger partial charge is 0.462 e. The highest BCUT2D eigenvalue weighted by molar-refractivity contribution is 5.71. The van der Waals surface area contributed by atoms with Crippen molar-refractivity contribution in [3.05, 3.63) is 85.1 Å². The molecule has 0 rings (SSSR count). The molecule has 66 heavy (non-hydrogen) atoms. The van der Waals surface area contributed by atoms with Gasteiger partial charge in [0.15, 0.2) is 6.10 Å². The molecule has 0 aromatic heterocycles. The standard InChI is InChI=1S/C60H102O6/c1-4-7-10-13-15-17-19-21-23-24-25-26-27-28-29-30-31-32-33-34-35-36-37-39-40-42-44-47-50-53-59(62)65-56-57(55-64-58(61)52-49-46-12-9-6-3)66-60(63)54-51-48-45-43-41-38-22-20-18-16-14-11-8-5-2/h7,10,14-17,20-23,25-26,28-29,57H,4-6,8-9,11-13,18-19,24,27,30-56H2,1-3H3/b10-7-,16-14-,17-15-,22-20-,23-21-,26-25-,29-28-. The van der Waals surface area contributed by atoms with Gasteiger partial charge in [-0.1, -0.05) is 234 Å². The lowest BCUT2D eigenvalue weighted by Crippen LogP contribution is -2.30. The lowest BCUT2D eigenvalue weighted by Gasteiger charge is -2.18. The van der Waals surface area contributed by atoms with Crippen molar-refractivity contribution >= 4 is 17.9 Å². The van der Waals surface area contributed by atoms with E-state index in [4.69, 9.17) is 14.2 Å². The molecule has 0 aromatic carbocycles. The summed E-state index contributed by atoms with van der Waals surface area (Å²) < 4.78 is 16.7. The molecule has 0 aliphatic rings. The number of allylic oxidation sites excluding steroid dienone is 14. The first-order valence-electron chi connectivity index (χ1n) is 27.6. The van der Waals surface area contributed by atoms with Crippen LogP contribution in [0, 0.1) is 0 Å². The Hall–Kier alpha value is -3.41. The van der Waals surface area contributed by atoms with E-state index in [1.54, 1.807) is 0 Å². The van der Waals surface area contributed by atoms with Gasteiger partial charge in [-0.2, -0.15) is 0 Å². The van der Waals surface area contributed by atoms with E-state index >= 15 is 0 Å². The summed E-state index contributed by atoms with van der Waals surface area (Å²) in [5.41, 5.74) is 0. The number of rotatable bonds is 49. The third kappa shape index (κ3) is 51.6. The van der Waals surface area contributed by atoms with E-state index in [9.17, 15) is 14.4 Å². The molecule has 0 N–H and O–H groups in total. The lowest BCUT2D eigenvalue weighted by molar-refractivity contribution is -0.167. The maximum absolute atomic E-state index is 12.7. The van der Waals surface area contributed by atoms with E-state index in [-0.39, 0.29) is 31.1 Å². The van der Waals surface area contributed by atoms with Crippen LogP contribution in [0.5, 0.6) is 0 Å². The van der Waals surface area contributed by atoms with E-state index < -0.39 is 6.10 Å². The Kier molecular flexibility index (Phi) is 51.4. The minimum Gasteiger partial charge on any atom is -0.462 e. The molecule has 1 atom stereocenters. The number of carbonyl (C=O) groups excluding carboxylic acids is 3. The molecule has 0 aliphatic carbocycles. The molecule has 378 valence electrons. The van der Waals surface area contributed by atoms with Crippen LogP contribution in [-0.2, 0) is 28.6 Å². The summed E-state index contributed by atoms with van der Waals surface area (Å²) >= 11 is 0. The average molecular weight is 919 g/mol. The zero-order valence-corrected chi connectivity index (χ0v) is 43.2. The highest BCUT2D eigenvalue weighted by Crippen LogP contribution is 2.15. The maximum Gasteiger partial charge on any atom is 0.306 e. The van der Waals surface area contributed by atoms with Gasteiger partial charge in [0.05, 0.1) is 0 Å². The number of ether oxygens (including phenoxy) is 3. The van der Waals surface area contributed by atoms with Crippen LogP contribution in [0.15, 0.2) is 85.1 Å². The SMILES string of the molecule is CC/C=C\C/C=C\C/C=C\C/C=C\C/C=C\CCCCCCCCCCCCCCCC(=O)OCC(COC(=O)CCCCCCC)OC(=O)CCCCCCC/C=C\C/C=C\CCCC. The van der Waals surface area contributed by atoms with E-state index in [1.165, 1.54) is 96.3 Å². The molecule has 0 amide bonds. The molecular weight excluding hydrogens is 817 g/mol. The first kappa shape index (κ1) is 62.6. The predicted molar refractivity (Wildman–Crippen MR) is 284 cm³/mol. The average Bonchev–Trinajstić information content (AvgIpc) is 3.31. The van der Waals surface area contributed by atoms with Crippen LogP contribution in [0.3, 0.4) is 0 Å². The van der Waals surface area contributed by atoms with Gasteiger partial charge in [0, 0.05) is 19.3 Å². The monoisotopic (exact) mass is 919 g/mol. The molecular formula is C60H102O6. The van der Waals surface area contributed by atoms with Crippen molar-refractivity contribution in [1.82, 2.24) is 0 Å². The Morgan fingerprint density at radius 3 is 0.970 bits per heavy atom. The molecule has 0 radical (unpaired) electrons. The summed E-state index contributed by atoms with van der Waals surface area (Å²) in [5.74, 6) is -0.910. The molecule has 0 aliphatic heterocycles. The summed E-state index contributed by atoms with van der Waals surface area (Å²) in [6.45, 7) is 6.39. The highest BCUT2D eigenvalue weighted by Gasteiger charge is 2.19. The summed E-state index contributed by atoms with van der Waals surface area (Å²) in [6.07, 6.45) is 70.5. The summed E-state index contributed by atoms with van der Waals surface area (Å²) in [4.78, 5) is 37.7. The van der Waals surface area contributed by atoms with Crippen molar-refractivity contribution in [2.24, 2.45) is 0 Å². The van der Waals surface area contributed by atoms with Crippen LogP contribution < -0.4 is 0 Å². The van der Waals surface area contributed by atoms with E-state index in [0.29, 0.717) is 19.3 Å². The fraction of sp³-hybridized carbons (Fsp3) is 0.717. The summed E-state index contributed by atoms with van der Waals surface area (Å²) in [6, 6.07) is 0. The maximum atomic E-state index is 12.7. The van der Waals surface area contributed by atoms with Crippen molar-refractivity contribution in [2.75, 3.05) is 13.2 Å². The van der Waals surface area contributed by atoms with Crippen molar-refractivity contribution < 1.29 is 28.6 Å². The molecule has 0 bridgehead atoms. The second-order valence-electron chi connectivity index (χ2n) is 18.1. The predicted octanol–water partition coefficient (Wildman–Crippen LogP) is 18.4. The minimum absolute atomic E-state index is 0.0818. The smallest absolute Gasteiger partial charge is 0.306 e. The van der Waals surface area contributed by atoms with Crippen LogP contribution in [0.4, 0.5) is 0 Å². The second kappa shape index (κ2) is 54.2. The number of hydrogen-bond acceptors (Lipinski definition) is 6. The number of esters is 3. The molecule has 6 nitrogen and oxygen atoms in total. The van der Waals surface area contributed by atoms with Crippen LogP contribution >= 0.6 is 0 Å². The number of hydrogen-bond donors (Lipinski definition) is 0. The molecule has 0 spiro atoms. The summed E-state index contributed by atoms with van der Waals surface area (Å²) in [5, 5.41) is 0. The van der Waals surface area contributed by atoms with Crippen LogP contribution in [-0.4, -0.2) is 37.2 Å². The first-order chi connectivity index (χ1) is 32.5. The van der Waals surface area contributed by atoms with Gasteiger partial charge in [0.25, 0.3) is 0 Å². The van der Waals surface area contributed by atoms with Gasteiger partial charge in [-0.05, 0) is 89.9 Å². The van der Waals surface area contributed by atoms with Gasteiger partial charge in [0.1, 0.15) is 13.2 Å². The molecule has 0 heterocycles. The van der Waals surface area contributed by atoms with Crippen molar-refractivity contribution in [2.45, 2.75) is 264 Å². The Morgan fingerprint density at radius 2 is 0.606 bits per heavy atom. The Bertz CT molecular complexity index is 1290. The van der Waals surface area contributed by atoms with Crippen LogP contribution in [0.2, 0.25) is 0 Å². The molecule has 0 saturated carbocycles. The fourth-order valence-electron chi connectivity index (χ4n) is 7.49. The zero-order chi connectivity index (χ0) is 47.9. The highest BCUT2D eigenvalue weighted by atomic mass is 16.6. The van der Waals surface area contributed by atoms with E-state index in [0.717, 1.165) is 122 Å². The van der Waals surface area contributed by atoms with Crippen LogP contribution in [0.25, 0.3) is 0 Å². The quantitative estimate of drug-likeness (QED) is 0.0262. The van der Waals surface area contributed by atoms with Gasteiger partial charge >= 0.3 is 17.9 Å². The normalized spacial score (nSPS) is 12.7. The van der Waals surface area contributed by atoms with Gasteiger partial charge in [0.2, 0.25) is 0 Å². The number of carbonyl (C=O) groups is 3.